The largest absolute Gasteiger partial charge is 0.478 e. The quantitative estimate of drug-likeness (QED) is 0.788. The van der Waals surface area contributed by atoms with Crippen molar-refractivity contribution in [1.29, 1.82) is 0 Å². The Balaban J connectivity index is 2.23. The van der Waals surface area contributed by atoms with E-state index >= 15 is 0 Å². The maximum Gasteiger partial charge on any atom is 0.335 e. The van der Waals surface area contributed by atoms with E-state index in [9.17, 15) is 9.59 Å². The van der Waals surface area contributed by atoms with Crippen LogP contribution in [0, 0.1) is 0 Å². The van der Waals surface area contributed by atoms with Crippen LogP contribution in [-0.2, 0) is 12.8 Å². The number of nitrogens with one attached hydrogen (secondary N) is 1. The summed E-state index contributed by atoms with van der Waals surface area (Å²) >= 11 is 0. The topological polar surface area (TPSA) is 83.0 Å². The first-order valence-corrected chi connectivity index (χ1v) is 5.60. The molecule has 0 saturated heterocycles. The monoisotopic (exact) mass is 242 g/mol. The molecule has 90 valence electrons. The van der Waals surface area contributed by atoms with Crippen LogP contribution in [0.5, 0.6) is 0 Å². The van der Waals surface area contributed by atoms with Gasteiger partial charge in [-0.3, -0.25) is 4.79 Å². The highest BCUT2D eigenvalue weighted by molar-refractivity contribution is 5.89. The van der Waals surface area contributed by atoms with Crippen LogP contribution in [0.4, 0.5) is 0 Å². The van der Waals surface area contributed by atoms with Crippen molar-refractivity contribution in [2.45, 2.75) is 12.8 Å². The third-order valence-corrected chi connectivity index (χ3v) is 3.20. The summed E-state index contributed by atoms with van der Waals surface area (Å²) < 4.78 is 0. The third-order valence-electron chi connectivity index (χ3n) is 3.20. The van der Waals surface area contributed by atoms with E-state index in [1.807, 2.05) is 0 Å². The van der Waals surface area contributed by atoms with Crippen LogP contribution in [0.3, 0.4) is 0 Å². The summed E-state index contributed by atoms with van der Waals surface area (Å²) in [6, 6.07) is 4.92. The predicted molar refractivity (Wildman–Crippen MR) is 64.7 cm³/mol. The Hall–Kier alpha value is -2.43. The molecule has 18 heavy (non-hydrogen) atoms. The van der Waals surface area contributed by atoms with Gasteiger partial charge < -0.3 is 10.1 Å². The van der Waals surface area contributed by atoms with Crippen LogP contribution >= 0.6 is 0 Å². The Kier molecular flexibility index (Phi) is 2.26. The summed E-state index contributed by atoms with van der Waals surface area (Å²) in [6.07, 6.45) is 2.63. The molecule has 5 nitrogen and oxygen atoms in total. The SMILES string of the molecule is O=C(O)c1ccc2c(c1)CCc1c-2nc[nH]c1=O. The fourth-order valence-corrected chi connectivity index (χ4v) is 2.32. The van der Waals surface area contributed by atoms with E-state index in [1.54, 1.807) is 18.2 Å². The van der Waals surface area contributed by atoms with Crippen LogP contribution in [0.25, 0.3) is 11.3 Å². The molecule has 1 aliphatic rings. The number of fused-ring (bicyclic) bond motifs is 3. The van der Waals surface area contributed by atoms with Crippen molar-refractivity contribution in [3.63, 3.8) is 0 Å². The number of aromatic carboxylic acids is 1. The average Bonchev–Trinajstić information content (AvgIpc) is 2.38. The van der Waals surface area contributed by atoms with E-state index in [4.69, 9.17) is 5.11 Å². The molecule has 2 aromatic rings. The molecular formula is C13H10N2O3. The number of aromatic nitrogens is 2. The van der Waals surface area contributed by atoms with Crippen LogP contribution in [0.2, 0.25) is 0 Å². The molecule has 0 atom stereocenters. The summed E-state index contributed by atoms with van der Waals surface area (Å²) in [7, 11) is 0. The van der Waals surface area contributed by atoms with Crippen LogP contribution < -0.4 is 5.56 Å². The highest BCUT2D eigenvalue weighted by Crippen LogP contribution is 2.30. The van der Waals surface area contributed by atoms with E-state index in [2.05, 4.69) is 9.97 Å². The number of aromatic amines is 1. The minimum Gasteiger partial charge on any atom is -0.478 e. The molecule has 0 amide bonds. The van der Waals surface area contributed by atoms with Gasteiger partial charge in [-0.1, -0.05) is 6.07 Å². The van der Waals surface area contributed by atoms with E-state index in [0.717, 1.165) is 11.1 Å². The van der Waals surface area contributed by atoms with E-state index in [-0.39, 0.29) is 11.1 Å². The zero-order valence-electron chi connectivity index (χ0n) is 9.43. The first kappa shape index (κ1) is 10.7. The van der Waals surface area contributed by atoms with E-state index < -0.39 is 5.97 Å². The Labute approximate surface area is 102 Å². The molecule has 0 radical (unpaired) electrons. The van der Waals surface area contributed by atoms with Gasteiger partial charge in [0.15, 0.2) is 0 Å². The Morgan fingerprint density at radius 3 is 2.94 bits per heavy atom. The minimum atomic E-state index is -0.942. The van der Waals surface area contributed by atoms with Gasteiger partial charge >= 0.3 is 5.97 Å². The molecule has 0 unspecified atom stereocenters. The van der Waals surface area contributed by atoms with Crippen molar-refractivity contribution < 1.29 is 9.90 Å². The second-order valence-corrected chi connectivity index (χ2v) is 4.24. The summed E-state index contributed by atoms with van der Waals surface area (Å²) in [5.41, 5.74) is 3.27. The molecule has 0 fully saturated rings. The van der Waals surface area contributed by atoms with Gasteiger partial charge in [-0.25, -0.2) is 9.78 Å². The van der Waals surface area contributed by atoms with Gasteiger partial charge in [-0.2, -0.15) is 0 Å². The zero-order chi connectivity index (χ0) is 12.7. The highest BCUT2D eigenvalue weighted by Gasteiger charge is 2.20. The van der Waals surface area contributed by atoms with Crippen molar-refractivity contribution in [2.75, 3.05) is 0 Å². The van der Waals surface area contributed by atoms with Gasteiger partial charge in [-0.05, 0) is 30.5 Å². The molecule has 2 N–H and O–H groups in total. The smallest absolute Gasteiger partial charge is 0.335 e. The number of carbonyl (C=O) groups is 1. The first-order valence-electron chi connectivity index (χ1n) is 5.60. The second kappa shape index (κ2) is 3.80. The Morgan fingerprint density at radius 1 is 1.33 bits per heavy atom. The van der Waals surface area contributed by atoms with Crippen LogP contribution in [0.15, 0.2) is 29.3 Å². The van der Waals surface area contributed by atoms with Crippen molar-refractivity contribution >= 4 is 5.97 Å². The van der Waals surface area contributed by atoms with Gasteiger partial charge in [0.2, 0.25) is 0 Å². The number of hydrogen-bond acceptors (Lipinski definition) is 3. The highest BCUT2D eigenvalue weighted by atomic mass is 16.4. The van der Waals surface area contributed by atoms with Gasteiger partial charge in [0, 0.05) is 11.1 Å². The van der Waals surface area contributed by atoms with Crippen molar-refractivity contribution in [3.8, 4) is 11.3 Å². The fraction of sp³-hybridized carbons (Fsp3) is 0.154. The van der Waals surface area contributed by atoms with Crippen molar-refractivity contribution in [2.24, 2.45) is 0 Å². The lowest BCUT2D eigenvalue weighted by Gasteiger charge is -2.17. The molecule has 1 aromatic heterocycles. The van der Waals surface area contributed by atoms with E-state index in [1.165, 1.54) is 6.33 Å². The Morgan fingerprint density at radius 2 is 2.17 bits per heavy atom. The van der Waals surface area contributed by atoms with Crippen molar-refractivity contribution in [1.82, 2.24) is 9.97 Å². The minimum absolute atomic E-state index is 0.118. The molecular weight excluding hydrogens is 232 g/mol. The lowest BCUT2D eigenvalue weighted by atomic mass is 9.88. The normalized spacial score (nSPS) is 12.7. The zero-order valence-corrected chi connectivity index (χ0v) is 9.43. The lowest BCUT2D eigenvalue weighted by Crippen LogP contribution is -2.19. The van der Waals surface area contributed by atoms with Gasteiger partial charge in [0.05, 0.1) is 17.6 Å². The first-order chi connectivity index (χ1) is 8.66. The molecule has 0 aliphatic heterocycles. The molecule has 3 rings (SSSR count). The number of hydrogen-bond donors (Lipinski definition) is 2. The third kappa shape index (κ3) is 1.52. The molecule has 0 spiro atoms. The number of benzene rings is 1. The van der Waals surface area contributed by atoms with Gasteiger partial charge in [0.1, 0.15) is 0 Å². The summed E-state index contributed by atoms with van der Waals surface area (Å²) in [4.78, 5) is 29.3. The average molecular weight is 242 g/mol. The number of rotatable bonds is 1. The molecule has 0 saturated carbocycles. The molecule has 1 aromatic carbocycles. The molecule has 0 bridgehead atoms. The molecule has 1 heterocycles. The van der Waals surface area contributed by atoms with Gasteiger partial charge in [-0.15, -0.1) is 0 Å². The molecule has 5 heteroatoms. The summed E-state index contributed by atoms with van der Waals surface area (Å²) in [5, 5.41) is 8.96. The maximum atomic E-state index is 11.7. The predicted octanol–water partition coefficient (Wildman–Crippen LogP) is 1.23. The lowest BCUT2D eigenvalue weighted by molar-refractivity contribution is 0.0697. The van der Waals surface area contributed by atoms with E-state index in [0.29, 0.717) is 24.1 Å². The summed E-state index contributed by atoms with van der Waals surface area (Å²) in [5.74, 6) is -0.942. The Bertz CT molecular complexity index is 704. The van der Waals surface area contributed by atoms with Crippen LogP contribution in [-0.4, -0.2) is 21.0 Å². The number of nitrogens with zero attached hydrogens (tertiary/aromatic N) is 1. The standard InChI is InChI=1S/C13H10N2O3/c16-12-10-4-1-7-5-8(13(17)18)2-3-9(7)11(10)14-6-15-12/h2-3,5-6H,1,4H2,(H,17,18)(H,14,15,16). The van der Waals surface area contributed by atoms with Crippen LogP contribution in [0.1, 0.15) is 21.5 Å². The number of H-pyrrole nitrogens is 1. The summed E-state index contributed by atoms with van der Waals surface area (Å²) in [6.45, 7) is 0. The number of carboxylic acid groups (broad SMARTS) is 1. The second-order valence-electron chi connectivity index (χ2n) is 4.24. The number of carboxylic acids is 1. The fourth-order valence-electron chi connectivity index (χ4n) is 2.32. The molecule has 1 aliphatic carbocycles. The van der Waals surface area contributed by atoms with Gasteiger partial charge in [0.25, 0.3) is 5.56 Å². The number of aryl methyl sites for hydroxylation is 1. The maximum absolute atomic E-state index is 11.7. The van der Waals surface area contributed by atoms with Crippen molar-refractivity contribution in [3.05, 3.63) is 51.6 Å².